The van der Waals surface area contributed by atoms with Gasteiger partial charge >= 0.3 is 5.97 Å². The minimum absolute atomic E-state index is 0.0299. The van der Waals surface area contributed by atoms with Crippen LogP contribution in [-0.2, 0) is 14.3 Å². The third-order valence-corrected chi connectivity index (χ3v) is 4.21. The Morgan fingerprint density at radius 3 is 2.31 bits per heavy atom. The second kappa shape index (κ2) is 8.59. The molecule has 0 fully saturated rings. The van der Waals surface area contributed by atoms with E-state index in [1.54, 1.807) is 24.3 Å². The van der Waals surface area contributed by atoms with Crippen LogP contribution in [0.25, 0.3) is 0 Å². The quantitative estimate of drug-likeness (QED) is 0.568. The van der Waals surface area contributed by atoms with Crippen molar-refractivity contribution in [2.45, 2.75) is 12.8 Å². The van der Waals surface area contributed by atoms with E-state index in [1.165, 1.54) is 0 Å². The van der Waals surface area contributed by atoms with Gasteiger partial charge in [-0.1, -0.05) is 12.1 Å². The van der Waals surface area contributed by atoms with Gasteiger partial charge in [-0.15, -0.1) is 0 Å². The summed E-state index contributed by atoms with van der Waals surface area (Å²) in [6.45, 7) is -0.649. The normalized spacial score (nSPS) is 12.7. The van der Waals surface area contributed by atoms with Crippen LogP contribution in [0.4, 0.5) is 14.5 Å². The molecule has 1 N–H and O–H groups in total. The first-order chi connectivity index (χ1) is 13.9. The monoisotopic (exact) mass is 402 g/mol. The van der Waals surface area contributed by atoms with Crippen LogP contribution in [0.1, 0.15) is 33.6 Å². The highest BCUT2D eigenvalue weighted by molar-refractivity contribution is 6.21. The van der Waals surface area contributed by atoms with E-state index in [4.69, 9.17) is 4.74 Å². The van der Waals surface area contributed by atoms with Crippen molar-refractivity contribution in [3.05, 3.63) is 65.2 Å². The predicted octanol–water partition coefficient (Wildman–Crippen LogP) is 2.52. The molecule has 3 rings (SSSR count). The van der Waals surface area contributed by atoms with E-state index in [0.717, 1.165) is 23.1 Å². The summed E-state index contributed by atoms with van der Waals surface area (Å²) in [6, 6.07) is 9.00. The summed E-state index contributed by atoms with van der Waals surface area (Å²) in [5.41, 5.74) is 0.277. The molecule has 7 nitrogen and oxygen atoms in total. The van der Waals surface area contributed by atoms with Gasteiger partial charge in [-0.25, -0.2) is 8.78 Å². The molecule has 2 aromatic carbocycles. The number of amides is 3. The van der Waals surface area contributed by atoms with Gasteiger partial charge in [0.2, 0.25) is 0 Å². The molecular weight excluding hydrogens is 386 g/mol. The number of carbonyl (C=O) groups is 4. The van der Waals surface area contributed by atoms with E-state index >= 15 is 0 Å². The van der Waals surface area contributed by atoms with Crippen LogP contribution in [0.15, 0.2) is 42.5 Å². The Balaban J connectivity index is 1.42. The first-order valence-electron chi connectivity index (χ1n) is 8.72. The summed E-state index contributed by atoms with van der Waals surface area (Å²) in [5, 5.41) is 2.10. The van der Waals surface area contributed by atoms with Gasteiger partial charge in [0.1, 0.15) is 11.6 Å². The molecule has 0 bridgehead atoms. The van der Waals surface area contributed by atoms with Crippen LogP contribution in [0, 0.1) is 11.6 Å². The number of carbonyl (C=O) groups excluding carboxylic acids is 4. The Kier molecular flexibility index (Phi) is 5.96. The smallest absolute Gasteiger partial charge is 0.306 e. The summed E-state index contributed by atoms with van der Waals surface area (Å²) in [4.78, 5) is 48.9. The summed E-state index contributed by atoms with van der Waals surface area (Å²) >= 11 is 0. The molecule has 29 heavy (non-hydrogen) atoms. The molecule has 0 saturated carbocycles. The van der Waals surface area contributed by atoms with Crippen LogP contribution in [0.3, 0.4) is 0 Å². The van der Waals surface area contributed by atoms with Gasteiger partial charge in [0.05, 0.1) is 16.8 Å². The van der Waals surface area contributed by atoms with E-state index < -0.39 is 41.9 Å². The average Bonchev–Trinajstić information content (AvgIpc) is 2.94. The summed E-state index contributed by atoms with van der Waals surface area (Å²) in [6.07, 6.45) is 0.0272. The maximum absolute atomic E-state index is 13.5. The first-order valence-corrected chi connectivity index (χ1v) is 8.72. The largest absolute Gasteiger partial charge is 0.456 e. The van der Waals surface area contributed by atoms with Crippen molar-refractivity contribution in [3.8, 4) is 0 Å². The fraction of sp³-hybridized carbons (Fsp3) is 0.200. The zero-order chi connectivity index (χ0) is 21.0. The number of anilines is 1. The minimum atomic E-state index is -0.830. The van der Waals surface area contributed by atoms with Gasteiger partial charge in [0, 0.05) is 19.0 Å². The molecule has 0 unspecified atom stereocenters. The Morgan fingerprint density at radius 1 is 1.00 bits per heavy atom. The Morgan fingerprint density at radius 2 is 1.66 bits per heavy atom. The number of halogens is 2. The van der Waals surface area contributed by atoms with Crippen molar-refractivity contribution in [1.29, 1.82) is 0 Å². The molecule has 0 radical (unpaired) electrons. The maximum atomic E-state index is 13.5. The van der Waals surface area contributed by atoms with Crippen molar-refractivity contribution in [2.75, 3.05) is 18.5 Å². The second-order valence-electron chi connectivity index (χ2n) is 6.24. The molecular formula is C20H16F2N2O5. The molecule has 1 aliphatic heterocycles. The average molecular weight is 402 g/mol. The number of benzene rings is 2. The van der Waals surface area contributed by atoms with E-state index in [0.29, 0.717) is 11.1 Å². The van der Waals surface area contributed by atoms with Crippen molar-refractivity contribution in [1.82, 2.24) is 4.90 Å². The lowest BCUT2D eigenvalue weighted by Gasteiger charge is -2.13. The Bertz CT molecular complexity index is 958. The van der Waals surface area contributed by atoms with Gasteiger partial charge in [-0.05, 0) is 30.7 Å². The number of hydrogen-bond acceptors (Lipinski definition) is 5. The lowest BCUT2D eigenvalue weighted by Crippen LogP contribution is -2.31. The molecule has 1 aliphatic rings. The van der Waals surface area contributed by atoms with Crippen molar-refractivity contribution in [2.24, 2.45) is 0 Å². The molecule has 3 amide bonds. The lowest BCUT2D eigenvalue weighted by atomic mass is 10.1. The summed E-state index contributed by atoms with van der Waals surface area (Å²) in [7, 11) is 0. The highest BCUT2D eigenvalue weighted by atomic mass is 19.1. The van der Waals surface area contributed by atoms with Gasteiger partial charge in [0.25, 0.3) is 17.7 Å². The van der Waals surface area contributed by atoms with E-state index in [1.807, 2.05) is 0 Å². The topological polar surface area (TPSA) is 92.8 Å². The van der Waals surface area contributed by atoms with Crippen LogP contribution in [0.5, 0.6) is 0 Å². The highest BCUT2D eigenvalue weighted by Gasteiger charge is 2.34. The molecule has 0 atom stereocenters. The lowest BCUT2D eigenvalue weighted by molar-refractivity contribution is -0.147. The standard InChI is InChI=1S/C20H16F2N2O5/c21-12-7-8-15(22)16(10-12)23-17(25)11-29-18(26)6-3-9-24-19(27)13-4-1-2-5-14(13)20(24)28/h1-2,4-5,7-8,10H,3,6,9,11H2,(H,23,25). The minimum Gasteiger partial charge on any atom is -0.456 e. The third kappa shape index (κ3) is 4.63. The van der Waals surface area contributed by atoms with Gasteiger partial charge in [0.15, 0.2) is 6.61 Å². The molecule has 150 valence electrons. The molecule has 0 saturated heterocycles. The number of nitrogens with one attached hydrogen (secondary N) is 1. The molecule has 2 aromatic rings. The molecule has 0 aromatic heterocycles. The summed E-state index contributed by atoms with van der Waals surface area (Å²) in [5.74, 6) is -3.95. The zero-order valence-electron chi connectivity index (χ0n) is 15.1. The van der Waals surface area contributed by atoms with Gasteiger partial charge in [-0.2, -0.15) is 0 Å². The molecule has 1 heterocycles. The Hall–Kier alpha value is -3.62. The van der Waals surface area contributed by atoms with Gasteiger partial charge in [-0.3, -0.25) is 24.1 Å². The highest BCUT2D eigenvalue weighted by Crippen LogP contribution is 2.22. The fourth-order valence-corrected chi connectivity index (χ4v) is 2.82. The summed E-state index contributed by atoms with van der Waals surface area (Å²) < 4.78 is 31.3. The van der Waals surface area contributed by atoms with E-state index in [-0.39, 0.29) is 25.1 Å². The van der Waals surface area contributed by atoms with Crippen LogP contribution in [0.2, 0.25) is 0 Å². The molecule has 9 heteroatoms. The van der Waals surface area contributed by atoms with Crippen LogP contribution >= 0.6 is 0 Å². The maximum Gasteiger partial charge on any atom is 0.306 e. The van der Waals surface area contributed by atoms with Crippen molar-refractivity contribution >= 4 is 29.4 Å². The number of nitrogens with zero attached hydrogens (tertiary/aromatic N) is 1. The number of rotatable bonds is 7. The molecule has 0 aliphatic carbocycles. The number of hydrogen-bond donors (Lipinski definition) is 1. The molecule has 0 spiro atoms. The number of imide groups is 1. The number of esters is 1. The van der Waals surface area contributed by atoms with E-state index in [2.05, 4.69) is 5.32 Å². The van der Waals surface area contributed by atoms with Gasteiger partial charge < -0.3 is 10.1 Å². The number of ether oxygens (including phenoxy) is 1. The third-order valence-electron chi connectivity index (χ3n) is 4.21. The van der Waals surface area contributed by atoms with E-state index in [9.17, 15) is 28.0 Å². The van der Waals surface area contributed by atoms with Crippen molar-refractivity contribution < 1.29 is 32.7 Å². The number of fused-ring (bicyclic) bond motifs is 1. The van der Waals surface area contributed by atoms with Crippen LogP contribution in [-0.4, -0.2) is 41.7 Å². The Labute approximate surface area is 164 Å². The van der Waals surface area contributed by atoms with Crippen LogP contribution < -0.4 is 5.32 Å². The fourth-order valence-electron chi connectivity index (χ4n) is 2.82. The van der Waals surface area contributed by atoms with Crippen molar-refractivity contribution in [3.63, 3.8) is 0 Å². The first kappa shape index (κ1) is 20.1. The SMILES string of the molecule is O=C(COC(=O)CCCN1C(=O)c2ccccc2C1=O)Nc1cc(F)ccc1F. The zero-order valence-corrected chi connectivity index (χ0v) is 15.1. The second-order valence-corrected chi connectivity index (χ2v) is 6.24. The predicted molar refractivity (Wildman–Crippen MR) is 97.0 cm³/mol.